The molecule has 0 spiro atoms. The number of nitrogens with zero attached hydrogens (tertiary/aromatic N) is 2. The van der Waals surface area contributed by atoms with E-state index in [0.29, 0.717) is 29.3 Å². The maximum absolute atomic E-state index is 14.1. The van der Waals surface area contributed by atoms with Crippen molar-refractivity contribution in [2.75, 3.05) is 27.8 Å². The molecule has 3 aromatic rings. The van der Waals surface area contributed by atoms with Crippen molar-refractivity contribution in [1.29, 1.82) is 0 Å². The van der Waals surface area contributed by atoms with Crippen molar-refractivity contribution in [3.05, 3.63) is 69.8 Å². The molecule has 0 amide bonds. The zero-order valence-corrected chi connectivity index (χ0v) is 20.0. The van der Waals surface area contributed by atoms with Crippen LogP contribution in [0.5, 0.6) is 5.75 Å². The number of halogens is 2. The lowest BCUT2D eigenvalue weighted by Gasteiger charge is -2.38. The first-order valence-electron chi connectivity index (χ1n) is 10.5. The van der Waals surface area contributed by atoms with Gasteiger partial charge < -0.3 is 9.84 Å². The van der Waals surface area contributed by atoms with E-state index in [1.807, 2.05) is 42.6 Å². The van der Waals surface area contributed by atoms with Crippen molar-refractivity contribution in [2.45, 2.75) is 37.9 Å². The number of alkyl halides is 1. The molecule has 172 valence electrons. The molecule has 0 aliphatic rings. The summed E-state index contributed by atoms with van der Waals surface area (Å²) in [4.78, 5) is 6.74. The molecular weight excluding hydrogens is 430 g/mol. The molecule has 32 heavy (non-hydrogen) atoms. The third kappa shape index (κ3) is 5.00. The highest BCUT2D eigenvalue weighted by Crippen LogP contribution is 2.42. The molecular formula is C25H30F2N2O2S. The normalized spacial score (nSPS) is 13.9. The van der Waals surface area contributed by atoms with Gasteiger partial charge in [-0.1, -0.05) is 6.07 Å². The molecule has 0 fully saturated rings. The maximum Gasteiger partial charge on any atom is 0.125 e. The lowest BCUT2D eigenvalue weighted by Crippen LogP contribution is -2.46. The van der Waals surface area contributed by atoms with Crippen LogP contribution in [0.3, 0.4) is 0 Å². The maximum atomic E-state index is 14.1. The number of rotatable bonds is 9. The number of likely N-dealkylation sites (N-methyl/N-ethyl adjacent to an activating group) is 1. The number of hydrogen-bond donors (Lipinski definition) is 1. The van der Waals surface area contributed by atoms with E-state index in [4.69, 9.17) is 9.72 Å². The molecule has 0 saturated carbocycles. The van der Waals surface area contributed by atoms with Gasteiger partial charge in [0.25, 0.3) is 0 Å². The minimum Gasteiger partial charge on any atom is -0.496 e. The Morgan fingerprint density at radius 1 is 1.12 bits per heavy atom. The van der Waals surface area contributed by atoms with E-state index in [9.17, 15) is 13.9 Å². The quantitative estimate of drug-likeness (QED) is 0.462. The Morgan fingerprint density at radius 2 is 1.81 bits per heavy atom. The number of hydrogen-bond acceptors (Lipinski definition) is 5. The summed E-state index contributed by atoms with van der Waals surface area (Å²) in [6.07, 6.45) is 0.951. The minimum absolute atomic E-state index is 0.231. The Bertz CT molecular complexity index is 1040. The van der Waals surface area contributed by atoms with Gasteiger partial charge in [0.2, 0.25) is 0 Å². The third-order valence-corrected chi connectivity index (χ3v) is 6.70. The molecule has 0 aliphatic heterocycles. The van der Waals surface area contributed by atoms with Crippen LogP contribution >= 0.6 is 11.3 Å². The second kappa shape index (κ2) is 9.65. The SMILES string of the molecule is COc1ccc(CCC(C)(C)F)cc1C(CO)(c1nc(-c2ccc(F)cc2)cs1)N(C)C. The fourth-order valence-corrected chi connectivity index (χ4v) is 4.85. The number of ether oxygens (including phenoxy) is 1. The highest BCUT2D eigenvalue weighted by atomic mass is 32.1. The van der Waals surface area contributed by atoms with Crippen molar-refractivity contribution < 1.29 is 18.6 Å². The molecule has 3 rings (SSSR count). The fraction of sp³-hybridized carbons (Fsp3) is 0.400. The van der Waals surface area contributed by atoms with Crippen LogP contribution in [0, 0.1) is 5.82 Å². The Hall–Kier alpha value is -2.35. The van der Waals surface area contributed by atoms with Crippen LogP contribution in [0.15, 0.2) is 47.8 Å². The molecule has 4 nitrogen and oxygen atoms in total. The summed E-state index contributed by atoms with van der Waals surface area (Å²) >= 11 is 1.42. The van der Waals surface area contributed by atoms with Gasteiger partial charge in [-0.3, -0.25) is 4.90 Å². The summed E-state index contributed by atoms with van der Waals surface area (Å²) < 4.78 is 33.1. The molecule has 1 N–H and O–H groups in total. The first-order valence-corrected chi connectivity index (χ1v) is 11.4. The Kier molecular flexibility index (Phi) is 7.32. The van der Waals surface area contributed by atoms with Gasteiger partial charge in [0, 0.05) is 16.5 Å². The summed E-state index contributed by atoms with van der Waals surface area (Å²) in [5.74, 6) is 0.315. The van der Waals surface area contributed by atoms with Crippen LogP contribution in [0.2, 0.25) is 0 Å². The standard InChI is InChI=1S/C25H30F2N2O2S/c1-24(2,27)13-12-17-6-11-22(31-5)20(14-17)25(16-30,29(3)4)23-28-21(15-32-23)18-7-9-19(26)10-8-18/h6-11,14-15,30H,12-13,16H2,1-5H3. The van der Waals surface area contributed by atoms with Crippen LogP contribution in [0.1, 0.15) is 36.4 Å². The molecule has 0 aliphatic carbocycles. The van der Waals surface area contributed by atoms with Crippen LogP contribution in [0.4, 0.5) is 8.78 Å². The number of thiazole rings is 1. The lowest BCUT2D eigenvalue weighted by molar-refractivity contribution is 0.0982. The summed E-state index contributed by atoms with van der Waals surface area (Å²) in [6, 6.07) is 11.9. The van der Waals surface area contributed by atoms with Crippen molar-refractivity contribution >= 4 is 11.3 Å². The molecule has 0 saturated heterocycles. The molecule has 0 radical (unpaired) electrons. The zero-order chi connectivity index (χ0) is 23.5. The van der Waals surface area contributed by atoms with E-state index in [-0.39, 0.29) is 12.4 Å². The summed E-state index contributed by atoms with van der Waals surface area (Å²) in [7, 11) is 5.35. The summed E-state index contributed by atoms with van der Waals surface area (Å²) in [5, 5.41) is 13.3. The van der Waals surface area contributed by atoms with Gasteiger partial charge in [-0.25, -0.2) is 13.8 Å². The van der Waals surface area contributed by atoms with Crippen molar-refractivity contribution in [3.63, 3.8) is 0 Å². The Morgan fingerprint density at radius 3 is 2.38 bits per heavy atom. The highest BCUT2D eigenvalue weighted by Gasteiger charge is 2.42. The third-order valence-electron chi connectivity index (χ3n) is 5.71. The summed E-state index contributed by atoms with van der Waals surface area (Å²) in [5.41, 5.74) is 0.998. The second-order valence-corrected chi connectivity index (χ2v) is 9.57. The average Bonchev–Trinajstić information content (AvgIpc) is 3.23. The molecule has 1 heterocycles. The van der Waals surface area contributed by atoms with E-state index in [0.717, 1.165) is 16.7 Å². The molecule has 7 heteroatoms. The van der Waals surface area contributed by atoms with Crippen molar-refractivity contribution in [3.8, 4) is 17.0 Å². The zero-order valence-electron chi connectivity index (χ0n) is 19.2. The topological polar surface area (TPSA) is 45.6 Å². The first kappa shape index (κ1) is 24.3. The molecule has 1 atom stereocenters. The van der Waals surface area contributed by atoms with E-state index in [1.54, 1.807) is 33.1 Å². The van der Waals surface area contributed by atoms with Gasteiger partial charge in [0.15, 0.2) is 0 Å². The van der Waals surface area contributed by atoms with Gasteiger partial charge in [-0.05, 0) is 82.7 Å². The molecule has 1 unspecified atom stereocenters. The summed E-state index contributed by atoms with van der Waals surface area (Å²) in [6.45, 7) is 2.91. The van der Waals surface area contributed by atoms with Gasteiger partial charge in [-0.15, -0.1) is 11.3 Å². The van der Waals surface area contributed by atoms with Crippen LogP contribution in [0.25, 0.3) is 11.3 Å². The smallest absolute Gasteiger partial charge is 0.125 e. The van der Waals surface area contributed by atoms with Crippen molar-refractivity contribution in [2.24, 2.45) is 0 Å². The predicted octanol–water partition coefficient (Wildman–Crippen LogP) is 5.44. The van der Waals surface area contributed by atoms with Crippen LogP contribution in [-0.4, -0.2) is 48.5 Å². The van der Waals surface area contributed by atoms with Crippen LogP contribution in [-0.2, 0) is 12.0 Å². The Balaban J connectivity index is 2.10. The number of aryl methyl sites for hydroxylation is 1. The predicted molar refractivity (Wildman–Crippen MR) is 126 cm³/mol. The molecule has 0 bridgehead atoms. The monoisotopic (exact) mass is 460 g/mol. The second-order valence-electron chi connectivity index (χ2n) is 8.71. The number of aliphatic hydroxyl groups is 1. The fourth-order valence-electron chi connectivity index (χ4n) is 3.73. The number of benzene rings is 2. The van der Waals surface area contributed by atoms with E-state index in [1.165, 1.54) is 23.5 Å². The number of aliphatic hydroxyl groups excluding tert-OH is 1. The van der Waals surface area contributed by atoms with E-state index in [2.05, 4.69) is 0 Å². The lowest BCUT2D eigenvalue weighted by atomic mass is 9.86. The molecule has 1 aromatic heterocycles. The van der Waals surface area contributed by atoms with Gasteiger partial charge in [-0.2, -0.15) is 0 Å². The molecule has 2 aromatic carbocycles. The highest BCUT2D eigenvalue weighted by molar-refractivity contribution is 7.10. The van der Waals surface area contributed by atoms with Gasteiger partial charge in [0.1, 0.15) is 27.8 Å². The van der Waals surface area contributed by atoms with E-state index < -0.39 is 11.2 Å². The Labute approximate surface area is 192 Å². The van der Waals surface area contributed by atoms with Crippen molar-refractivity contribution in [1.82, 2.24) is 9.88 Å². The van der Waals surface area contributed by atoms with Crippen LogP contribution < -0.4 is 4.74 Å². The number of methoxy groups -OCH3 is 1. The largest absolute Gasteiger partial charge is 0.496 e. The average molecular weight is 461 g/mol. The first-order chi connectivity index (χ1) is 15.1. The number of aromatic nitrogens is 1. The van der Waals surface area contributed by atoms with Gasteiger partial charge in [0.05, 0.1) is 19.4 Å². The van der Waals surface area contributed by atoms with Gasteiger partial charge >= 0.3 is 0 Å². The van der Waals surface area contributed by atoms with E-state index >= 15 is 0 Å². The minimum atomic E-state index is -1.27.